The van der Waals surface area contributed by atoms with Gasteiger partial charge in [-0.1, -0.05) is 0 Å². The number of aromatic nitrogens is 2. The lowest BCUT2D eigenvalue weighted by Crippen LogP contribution is -2.29. The van der Waals surface area contributed by atoms with Crippen molar-refractivity contribution in [3.8, 4) is 0 Å². The van der Waals surface area contributed by atoms with Crippen LogP contribution >= 0.6 is 0 Å². The van der Waals surface area contributed by atoms with Crippen molar-refractivity contribution >= 4 is 45.7 Å². The number of hydrogen-bond acceptors (Lipinski definition) is 7. The first-order valence-corrected chi connectivity index (χ1v) is 12.7. The van der Waals surface area contributed by atoms with Gasteiger partial charge in [0, 0.05) is 25.2 Å². The molecule has 1 aromatic heterocycles. The highest BCUT2D eigenvalue weighted by atomic mass is 19.3. The zero-order valence-corrected chi connectivity index (χ0v) is 21.3. The van der Waals surface area contributed by atoms with Crippen molar-refractivity contribution in [1.82, 2.24) is 9.36 Å². The highest BCUT2D eigenvalue weighted by Gasteiger charge is 2.33. The maximum absolute atomic E-state index is 15.3. The number of fused-ring (bicyclic) bond motifs is 3. The molecule has 1 atom stereocenters. The van der Waals surface area contributed by atoms with E-state index < -0.39 is 36.6 Å². The number of ketones is 1. The summed E-state index contributed by atoms with van der Waals surface area (Å²) in [7, 11) is 0. The Morgan fingerprint density at radius 1 is 1.05 bits per heavy atom. The Labute approximate surface area is 225 Å². The average molecular weight is 561 g/mol. The Bertz CT molecular complexity index is 1540. The molecule has 0 aliphatic carbocycles. The van der Waals surface area contributed by atoms with Crippen molar-refractivity contribution in [2.45, 2.75) is 38.5 Å². The summed E-state index contributed by atoms with van der Waals surface area (Å²) >= 11 is 0. The molecule has 1 saturated heterocycles. The van der Waals surface area contributed by atoms with Crippen molar-refractivity contribution in [2.24, 2.45) is 5.73 Å². The minimum Gasteiger partial charge on any atom is -0.444 e. The van der Waals surface area contributed by atoms with Gasteiger partial charge in [-0.25, -0.2) is 22.6 Å². The van der Waals surface area contributed by atoms with Crippen LogP contribution in [0.25, 0.3) is 10.9 Å². The van der Waals surface area contributed by atoms with Crippen LogP contribution in [0.15, 0.2) is 41.2 Å². The van der Waals surface area contributed by atoms with Crippen LogP contribution in [0.1, 0.15) is 12.8 Å². The van der Waals surface area contributed by atoms with Crippen molar-refractivity contribution in [2.75, 3.05) is 41.3 Å². The summed E-state index contributed by atoms with van der Waals surface area (Å²) < 4.78 is 48.8. The second kappa shape index (κ2) is 11.0. The summed E-state index contributed by atoms with van der Waals surface area (Å²) in [5.74, 6) is -2.16. The number of nitrogens with one attached hydrogen (secondary N) is 1. The lowest BCUT2D eigenvalue weighted by Gasteiger charge is -2.24. The van der Waals surface area contributed by atoms with Gasteiger partial charge in [0.15, 0.2) is 5.78 Å². The lowest BCUT2D eigenvalue weighted by atomic mass is 10.1. The van der Waals surface area contributed by atoms with Crippen LogP contribution in [-0.2, 0) is 27.4 Å². The highest BCUT2D eigenvalue weighted by Crippen LogP contribution is 2.30. The third kappa shape index (κ3) is 5.26. The number of anilines is 3. The van der Waals surface area contributed by atoms with E-state index in [1.165, 1.54) is 11.0 Å². The molecule has 2 aliphatic heterocycles. The molecule has 40 heavy (non-hydrogen) atoms. The van der Waals surface area contributed by atoms with Crippen LogP contribution < -0.4 is 26.4 Å². The number of benzene rings is 2. The van der Waals surface area contributed by atoms with E-state index in [0.717, 1.165) is 0 Å². The van der Waals surface area contributed by atoms with E-state index in [2.05, 4.69) is 5.32 Å². The summed E-state index contributed by atoms with van der Waals surface area (Å²) in [5, 5.41) is 3.09. The normalized spacial score (nSPS) is 17.2. The van der Waals surface area contributed by atoms with E-state index in [4.69, 9.17) is 10.5 Å². The number of cyclic esters (lactones) is 1. The second-order valence-corrected chi connectivity index (χ2v) is 9.58. The van der Waals surface area contributed by atoms with E-state index in [0.29, 0.717) is 41.9 Å². The van der Waals surface area contributed by atoms with Gasteiger partial charge in [-0.05, 0) is 42.8 Å². The van der Waals surface area contributed by atoms with Gasteiger partial charge in [0.2, 0.25) is 5.91 Å². The Balaban J connectivity index is 1.28. The molecule has 212 valence electrons. The topological polar surface area (TPSA) is 132 Å². The molecule has 2 aromatic carbocycles. The van der Waals surface area contributed by atoms with Gasteiger partial charge in [0.25, 0.3) is 12.0 Å². The number of alkyl halides is 2. The van der Waals surface area contributed by atoms with Gasteiger partial charge in [-0.2, -0.15) is 0 Å². The van der Waals surface area contributed by atoms with Gasteiger partial charge < -0.3 is 20.7 Å². The lowest BCUT2D eigenvalue weighted by molar-refractivity contribution is -0.130. The molecule has 3 aromatic rings. The first-order chi connectivity index (χ1) is 19.2. The fourth-order valence-corrected chi connectivity index (χ4v) is 5.06. The van der Waals surface area contributed by atoms with Crippen LogP contribution in [-0.4, -0.2) is 65.9 Å². The zero-order valence-electron chi connectivity index (χ0n) is 21.3. The van der Waals surface area contributed by atoms with Crippen molar-refractivity contribution in [3.05, 3.63) is 52.6 Å². The number of carbonyl (C=O) groups is 3. The fourth-order valence-electron chi connectivity index (χ4n) is 5.06. The number of hydrogen-bond donors (Lipinski definition) is 2. The van der Waals surface area contributed by atoms with Gasteiger partial charge in [-0.15, -0.1) is 0 Å². The SMILES string of the molecule is NCC(=O)Nc1ccc2c(c1)c(=O)n1n2CCN(c2ccc(N3C[C@H](CCC(=O)C(F)F)OC3=O)cc2F)CC1. The molecule has 2 aliphatic rings. The molecule has 0 unspecified atom stereocenters. The van der Waals surface area contributed by atoms with Crippen LogP contribution in [0.3, 0.4) is 0 Å². The van der Waals surface area contributed by atoms with E-state index in [1.807, 2.05) is 4.68 Å². The molecular weight excluding hydrogens is 533 g/mol. The summed E-state index contributed by atoms with van der Waals surface area (Å²) in [6.07, 6.45) is -5.03. The second-order valence-electron chi connectivity index (χ2n) is 9.58. The number of nitrogens with zero attached hydrogens (tertiary/aromatic N) is 4. The molecule has 1 fully saturated rings. The average Bonchev–Trinajstić information content (AvgIpc) is 3.33. The number of Topliss-reactive ketones (excluding diaryl/α,β-unsaturated/α-hetero) is 1. The summed E-state index contributed by atoms with van der Waals surface area (Å²) in [5.41, 5.74) is 6.82. The number of rotatable bonds is 8. The van der Waals surface area contributed by atoms with Crippen molar-refractivity contribution in [1.29, 1.82) is 0 Å². The van der Waals surface area contributed by atoms with E-state index in [-0.39, 0.29) is 43.2 Å². The maximum Gasteiger partial charge on any atom is 0.414 e. The number of amides is 2. The number of halogens is 3. The number of carbonyl (C=O) groups excluding carboxylic acids is 3. The maximum atomic E-state index is 15.3. The standard InChI is InChI=1S/C26H27F3N6O5/c27-19-12-16(33-14-17(40-26(33)39)3-6-22(36)24(28)29)2-5-21(19)32-7-9-34-20-4-1-15(31-23(37)13-30)11-18(20)25(38)35(34)10-8-32/h1-2,4-5,11-12,17,24H,3,6-10,13-14,30H2,(H,31,37)/t17-/m0/s1. The first-order valence-electron chi connectivity index (χ1n) is 12.7. The van der Waals surface area contributed by atoms with E-state index in [9.17, 15) is 28.0 Å². The molecule has 14 heteroatoms. The monoisotopic (exact) mass is 560 g/mol. The molecule has 0 radical (unpaired) electrons. The largest absolute Gasteiger partial charge is 0.444 e. The highest BCUT2D eigenvalue weighted by molar-refractivity contribution is 5.94. The Hall–Kier alpha value is -4.33. The fraction of sp³-hybridized carbons (Fsp3) is 0.385. The predicted molar refractivity (Wildman–Crippen MR) is 140 cm³/mol. The molecule has 2 amide bonds. The first kappa shape index (κ1) is 27.2. The summed E-state index contributed by atoms with van der Waals surface area (Å²) in [6, 6.07) is 9.36. The molecular formula is C26H27F3N6O5. The molecule has 3 heterocycles. The van der Waals surface area contributed by atoms with Gasteiger partial charge in [0.05, 0.1) is 48.5 Å². The quantitative estimate of drug-likeness (QED) is 0.432. The number of nitrogens with two attached hydrogens (primary N) is 1. The minimum atomic E-state index is -3.07. The molecule has 0 bridgehead atoms. The van der Waals surface area contributed by atoms with Crippen molar-refractivity contribution < 1.29 is 32.3 Å². The van der Waals surface area contributed by atoms with Crippen LogP contribution in [0.5, 0.6) is 0 Å². The third-order valence-corrected chi connectivity index (χ3v) is 7.08. The molecule has 3 N–H and O–H groups in total. The molecule has 0 spiro atoms. The van der Waals surface area contributed by atoms with E-state index >= 15 is 4.39 Å². The molecule has 5 rings (SSSR count). The Kier molecular flexibility index (Phi) is 7.52. The number of ether oxygens (including phenoxy) is 1. The summed E-state index contributed by atoms with van der Waals surface area (Å²) in [4.78, 5) is 51.2. The van der Waals surface area contributed by atoms with Crippen molar-refractivity contribution in [3.63, 3.8) is 0 Å². The van der Waals surface area contributed by atoms with Crippen LogP contribution in [0, 0.1) is 5.82 Å². The van der Waals surface area contributed by atoms with Crippen LogP contribution in [0.4, 0.5) is 35.0 Å². The Morgan fingerprint density at radius 2 is 1.80 bits per heavy atom. The smallest absolute Gasteiger partial charge is 0.414 e. The summed E-state index contributed by atoms with van der Waals surface area (Å²) in [6.45, 7) is 1.26. The predicted octanol–water partition coefficient (Wildman–Crippen LogP) is 2.30. The Morgan fingerprint density at radius 3 is 2.50 bits per heavy atom. The van der Waals surface area contributed by atoms with E-state index in [1.54, 1.807) is 39.9 Å². The zero-order chi connectivity index (χ0) is 28.6. The third-order valence-electron chi connectivity index (χ3n) is 7.08. The van der Waals surface area contributed by atoms with Crippen LogP contribution in [0.2, 0.25) is 0 Å². The van der Waals surface area contributed by atoms with Gasteiger partial charge >= 0.3 is 6.09 Å². The molecule has 0 saturated carbocycles. The van der Waals surface area contributed by atoms with Gasteiger partial charge in [0.1, 0.15) is 11.9 Å². The minimum absolute atomic E-state index is 0.0148. The molecule has 11 nitrogen and oxygen atoms in total. The van der Waals surface area contributed by atoms with Gasteiger partial charge in [-0.3, -0.25) is 24.0 Å².